The van der Waals surface area contributed by atoms with Gasteiger partial charge < -0.3 is 0 Å². The molecule has 0 bridgehead atoms. The molecule has 0 heterocycles. The van der Waals surface area contributed by atoms with Crippen LogP contribution in [0.2, 0.25) is 0 Å². The summed E-state index contributed by atoms with van der Waals surface area (Å²) in [5.41, 5.74) is 0. The second-order valence-electron chi connectivity index (χ2n) is 6.19. The van der Waals surface area contributed by atoms with E-state index in [-0.39, 0.29) is 0 Å². The minimum absolute atomic E-state index is 0.955. The number of unbranched alkanes of at least 4 members (excludes halogenated alkanes) is 5. The van der Waals surface area contributed by atoms with Gasteiger partial charge in [-0.15, -0.1) is 0 Å². The zero-order valence-electron chi connectivity index (χ0n) is 11.8. The van der Waals surface area contributed by atoms with Crippen LogP contribution < -0.4 is 0 Å². The first-order valence-corrected chi connectivity index (χ1v) is 7.74. The Morgan fingerprint density at radius 1 is 1.00 bits per heavy atom. The maximum absolute atomic E-state index is 2.40. The zero-order valence-corrected chi connectivity index (χ0v) is 11.8. The van der Waals surface area contributed by atoms with Crippen molar-refractivity contribution >= 4 is 0 Å². The van der Waals surface area contributed by atoms with E-state index in [1.54, 1.807) is 0 Å². The molecule has 0 aromatic heterocycles. The summed E-state index contributed by atoms with van der Waals surface area (Å²) in [5, 5.41) is 0. The quantitative estimate of drug-likeness (QED) is 0.411. The Bertz CT molecular complexity index is 151. The minimum atomic E-state index is 0.955. The Labute approximate surface area is 103 Å². The molecule has 3 unspecified atom stereocenters. The molecule has 0 N–H and O–H groups in total. The molecule has 0 heteroatoms. The van der Waals surface area contributed by atoms with Crippen molar-refractivity contribution in [2.75, 3.05) is 0 Å². The van der Waals surface area contributed by atoms with Crippen LogP contribution in [0.4, 0.5) is 0 Å². The minimum Gasteiger partial charge on any atom is -0.0651 e. The SMILES string of the molecule is CCC(C)CCCCCCCCC1CC1C. The molecule has 0 radical (unpaired) electrons. The lowest BCUT2D eigenvalue weighted by Crippen LogP contribution is -1.91. The van der Waals surface area contributed by atoms with Gasteiger partial charge in [0.2, 0.25) is 0 Å². The van der Waals surface area contributed by atoms with Crippen molar-refractivity contribution < 1.29 is 0 Å². The first-order valence-electron chi connectivity index (χ1n) is 7.74. The van der Waals surface area contributed by atoms with Crippen molar-refractivity contribution in [3.8, 4) is 0 Å². The standard InChI is InChI=1S/C16H32/c1-4-14(2)11-9-7-5-6-8-10-12-16-13-15(16)3/h14-16H,4-13H2,1-3H3. The molecule has 3 atom stereocenters. The fraction of sp³-hybridized carbons (Fsp3) is 1.00. The van der Waals surface area contributed by atoms with Gasteiger partial charge in [0.25, 0.3) is 0 Å². The lowest BCUT2D eigenvalue weighted by molar-refractivity contribution is 0.468. The zero-order chi connectivity index (χ0) is 11.8. The summed E-state index contributed by atoms with van der Waals surface area (Å²) >= 11 is 0. The third-order valence-electron chi connectivity index (χ3n) is 4.49. The largest absolute Gasteiger partial charge is 0.0651 e. The van der Waals surface area contributed by atoms with Gasteiger partial charge in [0.15, 0.2) is 0 Å². The fourth-order valence-electron chi connectivity index (χ4n) is 2.61. The maximum Gasteiger partial charge on any atom is -0.0386 e. The normalized spacial score (nSPS) is 25.7. The molecule has 0 aliphatic heterocycles. The van der Waals surface area contributed by atoms with Crippen LogP contribution in [0.15, 0.2) is 0 Å². The van der Waals surface area contributed by atoms with Gasteiger partial charge in [-0.2, -0.15) is 0 Å². The Hall–Kier alpha value is 0. The topological polar surface area (TPSA) is 0 Å². The van der Waals surface area contributed by atoms with E-state index in [0.717, 1.165) is 17.8 Å². The molecule has 0 aromatic carbocycles. The molecule has 0 spiro atoms. The van der Waals surface area contributed by atoms with Gasteiger partial charge in [0.05, 0.1) is 0 Å². The Kier molecular flexibility index (Phi) is 7.16. The predicted octanol–water partition coefficient (Wildman–Crippen LogP) is 5.81. The first-order chi connectivity index (χ1) is 7.74. The van der Waals surface area contributed by atoms with E-state index < -0.39 is 0 Å². The third-order valence-corrected chi connectivity index (χ3v) is 4.49. The molecular weight excluding hydrogens is 192 g/mol. The van der Waals surface area contributed by atoms with Crippen molar-refractivity contribution in [3.63, 3.8) is 0 Å². The Morgan fingerprint density at radius 3 is 2.12 bits per heavy atom. The van der Waals surface area contributed by atoms with Crippen molar-refractivity contribution in [2.45, 2.75) is 85.0 Å². The maximum atomic E-state index is 2.40. The van der Waals surface area contributed by atoms with Crippen LogP contribution in [0.3, 0.4) is 0 Å². The second kappa shape index (κ2) is 8.14. The summed E-state index contributed by atoms with van der Waals surface area (Å²) in [7, 11) is 0. The van der Waals surface area contributed by atoms with E-state index in [1.807, 2.05) is 0 Å². The lowest BCUT2D eigenvalue weighted by atomic mass is 9.99. The van der Waals surface area contributed by atoms with Gasteiger partial charge in [-0.05, 0) is 24.2 Å². The van der Waals surface area contributed by atoms with Gasteiger partial charge in [-0.1, -0.05) is 78.6 Å². The van der Waals surface area contributed by atoms with E-state index in [1.165, 1.54) is 64.2 Å². The fourth-order valence-corrected chi connectivity index (χ4v) is 2.61. The van der Waals surface area contributed by atoms with Crippen LogP contribution in [0.5, 0.6) is 0 Å². The second-order valence-corrected chi connectivity index (χ2v) is 6.19. The monoisotopic (exact) mass is 224 g/mol. The van der Waals surface area contributed by atoms with E-state index in [2.05, 4.69) is 20.8 Å². The molecule has 1 saturated carbocycles. The van der Waals surface area contributed by atoms with Crippen molar-refractivity contribution in [2.24, 2.45) is 17.8 Å². The summed E-state index contributed by atoms with van der Waals surface area (Å²) in [6.45, 7) is 7.10. The highest BCUT2D eigenvalue weighted by atomic mass is 14.4. The molecule has 16 heavy (non-hydrogen) atoms. The number of rotatable bonds is 10. The predicted molar refractivity (Wildman–Crippen MR) is 73.7 cm³/mol. The molecule has 1 aliphatic rings. The highest BCUT2D eigenvalue weighted by Crippen LogP contribution is 2.41. The van der Waals surface area contributed by atoms with Gasteiger partial charge in [0.1, 0.15) is 0 Å². The summed E-state index contributed by atoms with van der Waals surface area (Å²) in [6.07, 6.45) is 14.8. The van der Waals surface area contributed by atoms with Gasteiger partial charge >= 0.3 is 0 Å². The van der Waals surface area contributed by atoms with Crippen LogP contribution in [0.1, 0.15) is 85.0 Å². The first kappa shape index (κ1) is 14.1. The van der Waals surface area contributed by atoms with Crippen molar-refractivity contribution in [1.29, 1.82) is 0 Å². The van der Waals surface area contributed by atoms with E-state index in [0.29, 0.717) is 0 Å². The molecule has 0 amide bonds. The van der Waals surface area contributed by atoms with Crippen LogP contribution in [0.25, 0.3) is 0 Å². The summed E-state index contributed by atoms with van der Waals surface area (Å²) in [4.78, 5) is 0. The molecule has 0 nitrogen and oxygen atoms in total. The molecule has 1 rings (SSSR count). The number of hydrogen-bond acceptors (Lipinski definition) is 0. The molecule has 0 saturated heterocycles. The van der Waals surface area contributed by atoms with Gasteiger partial charge in [-0.3, -0.25) is 0 Å². The van der Waals surface area contributed by atoms with Crippen LogP contribution >= 0.6 is 0 Å². The average molecular weight is 224 g/mol. The summed E-state index contributed by atoms with van der Waals surface area (Å²) in [5.74, 6) is 3.14. The van der Waals surface area contributed by atoms with E-state index in [9.17, 15) is 0 Å². The van der Waals surface area contributed by atoms with Crippen LogP contribution in [-0.2, 0) is 0 Å². The summed E-state index contributed by atoms with van der Waals surface area (Å²) < 4.78 is 0. The molecule has 1 aliphatic carbocycles. The van der Waals surface area contributed by atoms with E-state index in [4.69, 9.17) is 0 Å². The van der Waals surface area contributed by atoms with Crippen LogP contribution in [0, 0.1) is 17.8 Å². The smallest absolute Gasteiger partial charge is 0.0386 e. The average Bonchev–Trinajstić information content (AvgIpc) is 2.98. The van der Waals surface area contributed by atoms with Crippen molar-refractivity contribution in [3.05, 3.63) is 0 Å². The Balaban J connectivity index is 1.71. The van der Waals surface area contributed by atoms with E-state index >= 15 is 0 Å². The van der Waals surface area contributed by atoms with Crippen LogP contribution in [-0.4, -0.2) is 0 Å². The highest BCUT2D eigenvalue weighted by Gasteiger charge is 2.31. The van der Waals surface area contributed by atoms with Crippen molar-refractivity contribution in [1.82, 2.24) is 0 Å². The highest BCUT2D eigenvalue weighted by molar-refractivity contribution is 4.81. The summed E-state index contributed by atoms with van der Waals surface area (Å²) in [6, 6.07) is 0. The number of hydrogen-bond donors (Lipinski definition) is 0. The van der Waals surface area contributed by atoms with Gasteiger partial charge in [-0.25, -0.2) is 0 Å². The molecule has 96 valence electrons. The molecule has 1 fully saturated rings. The van der Waals surface area contributed by atoms with Gasteiger partial charge in [0, 0.05) is 0 Å². The lowest BCUT2D eigenvalue weighted by Gasteiger charge is -2.07. The Morgan fingerprint density at radius 2 is 1.56 bits per heavy atom. The molecular formula is C16H32. The third kappa shape index (κ3) is 6.55. The molecule has 0 aromatic rings.